The van der Waals surface area contributed by atoms with E-state index >= 15 is 0 Å². The predicted octanol–water partition coefficient (Wildman–Crippen LogP) is 24.1. The molecule has 0 rings (SSSR count). The summed E-state index contributed by atoms with van der Waals surface area (Å²) in [6.07, 6.45) is 99.2. The van der Waals surface area contributed by atoms with Crippen LogP contribution in [0.5, 0.6) is 0 Å². The summed E-state index contributed by atoms with van der Waals surface area (Å²) in [5.74, 6) is -0.903. The van der Waals surface area contributed by atoms with Crippen LogP contribution >= 0.6 is 0 Å². The lowest BCUT2D eigenvalue weighted by molar-refractivity contribution is -0.167. The SMILES string of the molecule is CC/C=C\C/C=C\C/C=C\C/C=C\C/C=C\C/C=C\C/C=C\C/C=C\CCCCCCCCC(=O)OCC(COC(=O)CCCCCCCCC)OC(=O)CCCCCCCCCCCCCC/C=C\C/C=C\C/C=C\CCCCCCC. The summed E-state index contributed by atoms with van der Waals surface area (Å²) in [5, 5.41) is 0. The highest BCUT2D eigenvalue weighted by atomic mass is 16.6. The molecule has 0 radical (unpaired) electrons. The topological polar surface area (TPSA) is 78.9 Å². The Morgan fingerprint density at radius 3 is 0.735 bits per heavy atom. The van der Waals surface area contributed by atoms with Crippen LogP contribution in [0.25, 0.3) is 0 Å². The third-order valence-corrected chi connectivity index (χ3v) is 14.6. The van der Waals surface area contributed by atoms with Crippen molar-refractivity contribution in [2.24, 2.45) is 0 Å². The van der Waals surface area contributed by atoms with Gasteiger partial charge in [-0.2, -0.15) is 0 Å². The minimum atomic E-state index is -0.788. The maximum atomic E-state index is 12.9. The summed E-state index contributed by atoms with van der Waals surface area (Å²) in [4.78, 5) is 38.2. The van der Waals surface area contributed by atoms with Crippen molar-refractivity contribution in [2.75, 3.05) is 13.2 Å². The third-order valence-electron chi connectivity index (χ3n) is 14.6. The van der Waals surface area contributed by atoms with E-state index in [4.69, 9.17) is 14.2 Å². The highest BCUT2D eigenvalue weighted by Crippen LogP contribution is 2.16. The molecule has 0 spiro atoms. The van der Waals surface area contributed by atoms with Gasteiger partial charge in [0.1, 0.15) is 13.2 Å². The van der Waals surface area contributed by atoms with E-state index in [1.807, 2.05) is 0 Å². The van der Waals surface area contributed by atoms with Gasteiger partial charge in [-0.05, 0) is 122 Å². The zero-order valence-electron chi connectivity index (χ0n) is 54.2. The van der Waals surface area contributed by atoms with Gasteiger partial charge in [0.25, 0.3) is 0 Å². The molecule has 1 atom stereocenters. The average molecular weight is 1150 g/mol. The normalized spacial score (nSPS) is 13.0. The minimum Gasteiger partial charge on any atom is -0.462 e. The molecular formula is C77H128O6. The van der Waals surface area contributed by atoms with Crippen LogP contribution in [-0.2, 0) is 28.6 Å². The Bertz CT molecular complexity index is 1750. The van der Waals surface area contributed by atoms with Gasteiger partial charge in [-0.3, -0.25) is 14.4 Å². The van der Waals surface area contributed by atoms with Crippen molar-refractivity contribution in [3.8, 4) is 0 Å². The first-order valence-corrected chi connectivity index (χ1v) is 34.7. The van der Waals surface area contributed by atoms with Gasteiger partial charge in [0.05, 0.1) is 0 Å². The molecule has 6 nitrogen and oxygen atoms in total. The number of rotatable bonds is 62. The van der Waals surface area contributed by atoms with Gasteiger partial charge in [0.2, 0.25) is 0 Å². The second-order valence-electron chi connectivity index (χ2n) is 22.7. The molecule has 0 N–H and O–H groups in total. The molecule has 0 amide bonds. The lowest BCUT2D eigenvalue weighted by Gasteiger charge is -2.18. The molecule has 0 aromatic carbocycles. The van der Waals surface area contributed by atoms with E-state index in [0.29, 0.717) is 19.3 Å². The van der Waals surface area contributed by atoms with Crippen LogP contribution in [0.3, 0.4) is 0 Å². The molecule has 472 valence electrons. The summed E-state index contributed by atoms with van der Waals surface area (Å²) < 4.78 is 16.9. The molecule has 0 aromatic heterocycles. The second kappa shape index (κ2) is 70.0. The van der Waals surface area contributed by atoms with Crippen LogP contribution in [0.4, 0.5) is 0 Å². The van der Waals surface area contributed by atoms with Crippen molar-refractivity contribution in [1.82, 2.24) is 0 Å². The molecule has 0 aliphatic carbocycles. The van der Waals surface area contributed by atoms with Crippen LogP contribution in [0.15, 0.2) is 134 Å². The largest absolute Gasteiger partial charge is 0.462 e. The van der Waals surface area contributed by atoms with E-state index in [1.54, 1.807) is 0 Å². The third kappa shape index (κ3) is 68.2. The first-order valence-electron chi connectivity index (χ1n) is 34.7. The van der Waals surface area contributed by atoms with Crippen LogP contribution in [0.1, 0.15) is 316 Å². The fraction of sp³-hybridized carbons (Fsp3) is 0.675. The van der Waals surface area contributed by atoms with Crippen molar-refractivity contribution in [3.63, 3.8) is 0 Å². The number of allylic oxidation sites excluding steroid dienone is 22. The lowest BCUT2D eigenvalue weighted by atomic mass is 10.0. The Kier molecular flexibility index (Phi) is 66.3. The van der Waals surface area contributed by atoms with Gasteiger partial charge in [-0.1, -0.05) is 309 Å². The molecular weight excluding hydrogens is 1020 g/mol. The lowest BCUT2D eigenvalue weighted by Crippen LogP contribution is -2.30. The highest BCUT2D eigenvalue weighted by molar-refractivity contribution is 5.71. The molecule has 0 heterocycles. The fourth-order valence-electron chi connectivity index (χ4n) is 9.47. The van der Waals surface area contributed by atoms with E-state index in [0.717, 1.165) is 135 Å². The number of carbonyl (C=O) groups is 3. The molecule has 0 aromatic rings. The van der Waals surface area contributed by atoms with Crippen molar-refractivity contribution in [1.29, 1.82) is 0 Å². The monoisotopic (exact) mass is 1150 g/mol. The summed E-state index contributed by atoms with van der Waals surface area (Å²) >= 11 is 0. The van der Waals surface area contributed by atoms with Crippen molar-refractivity contribution >= 4 is 17.9 Å². The highest BCUT2D eigenvalue weighted by Gasteiger charge is 2.19. The summed E-state index contributed by atoms with van der Waals surface area (Å²) in [6, 6.07) is 0. The Balaban J connectivity index is 4.17. The number of unbranched alkanes of at least 4 members (excludes halogenated alkanes) is 29. The molecule has 0 aliphatic heterocycles. The summed E-state index contributed by atoms with van der Waals surface area (Å²) in [7, 11) is 0. The van der Waals surface area contributed by atoms with Crippen LogP contribution in [0, 0.1) is 0 Å². The molecule has 1 unspecified atom stereocenters. The van der Waals surface area contributed by atoms with Gasteiger partial charge in [0.15, 0.2) is 6.10 Å². The van der Waals surface area contributed by atoms with E-state index in [-0.39, 0.29) is 31.1 Å². The van der Waals surface area contributed by atoms with Gasteiger partial charge in [0, 0.05) is 19.3 Å². The van der Waals surface area contributed by atoms with E-state index in [1.165, 1.54) is 141 Å². The van der Waals surface area contributed by atoms with E-state index in [9.17, 15) is 14.4 Å². The number of esters is 3. The second-order valence-corrected chi connectivity index (χ2v) is 22.7. The Morgan fingerprint density at radius 2 is 0.470 bits per heavy atom. The van der Waals surface area contributed by atoms with Crippen molar-refractivity contribution in [2.45, 2.75) is 322 Å². The van der Waals surface area contributed by atoms with Gasteiger partial charge < -0.3 is 14.2 Å². The number of hydrogen-bond acceptors (Lipinski definition) is 6. The van der Waals surface area contributed by atoms with Crippen molar-refractivity contribution < 1.29 is 28.6 Å². The Morgan fingerprint density at radius 1 is 0.253 bits per heavy atom. The Labute approximate surface area is 513 Å². The molecule has 0 aliphatic rings. The maximum Gasteiger partial charge on any atom is 0.306 e. The van der Waals surface area contributed by atoms with E-state index < -0.39 is 6.10 Å². The van der Waals surface area contributed by atoms with Gasteiger partial charge >= 0.3 is 17.9 Å². The first-order chi connectivity index (χ1) is 41.0. The fourth-order valence-corrected chi connectivity index (χ4v) is 9.47. The molecule has 6 heteroatoms. The number of carbonyl (C=O) groups excluding carboxylic acids is 3. The zero-order chi connectivity index (χ0) is 59.9. The summed E-state index contributed by atoms with van der Waals surface area (Å²) in [5.41, 5.74) is 0. The molecule has 83 heavy (non-hydrogen) atoms. The smallest absolute Gasteiger partial charge is 0.306 e. The predicted molar refractivity (Wildman–Crippen MR) is 362 cm³/mol. The first kappa shape index (κ1) is 78.5. The average Bonchev–Trinajstić information content (AvgIpc) is 3.50. The quantitative estimate of drug-likeness (QED) is 0.0261. The number of ether oxygens (including phenoxy) is 3. The number of hydrogen-bond donors (Lipinski definition) is 0. The molecule has 0 saturated heterocycles. The molecule has 0 bridgehead atoms. The minimum absolute atomic E-state index is 0.0847. The molecule has 0 fully saturated rings. The van der Waals surface area contributed by atoms with Gasteiger partial charge in [-0.25, -0.2) is 0 Å². The van der Waals surface area contributed by atoms with Crippen LogP contribution in [0.2, 0.25) is 0 Å². The van der Waals surface area contributed by atoms with Crippen LogP contribution < -0.4 is 0 Å². The maximum absolute atomic E-state index is 12.9. The zero-order valence-corrected chi connectivity index (χ0v) is 54.2. The van der Waals surface area contributed by atoms with Crippen molar-refractivity contribution in [3.05, 3.63) is 134 Å². The molecule has 0 saturated carbocycles. The summed E-state index contributed by atoms with van der Waals surface area (Å²) in [6.45, 7) is 6.47. The van der Waals surface area contributed by atoms with Crippen LogP contribution in [-0.4, -0.2) is 37.2 Å². The van der Waals surface area contributed by atoms with E-state index in [2.05, 4.69) is 154 Å². The Hall–Kier alpha value is -4.45. The standard InChI is InChI=1S/C77H128O6/c1-4-7-10-13-16-18-20-22-24-26-28-30-32-34-36-37-38-39-41-42-44-46-48-50-52-54-56-58-61-64-67-70-76(79)82-73-74(72-81-75(78)69-66-63-60-15-12-9-6-3)83-77(80)71-68-65-62-59-57-55-53-51-49-47-45-43-40-35-33-31-29-27-25-23-21-19-17-14-11-8-5-2/h7,10,16,18,21-24,27-30,33-36,38-39,42,44,48,50,74H,4-6,8-9,11-15,17,19-20,25-26,31-32,37,40-41,43,45-47,49,51-73H2,1-3H3/b10-7-,18-16-,23-21-,24-22-,29-27-,30-28-,35-33-,36-34-,39-38-,44-42-,50-48-. The van der Waals surface area contributed by atoms with Gasteiger partial charge in [-0.15, -0.1) is 0 Å².